The first-order valence-corrected chi connectivity index (χ1v) is 9.55. The zero-order valence-corrected chi connectivity index (χ0v) is 14.0. The van der Waals surface area contributed by atoms with Gasteiger partial charge in [0.15, 0.2) is 5.84 Å². The Kier molecular flexibility index (Phi) is 6.41. The fraction of sp³-hybridized carbons (Fsp3) is 0.583. The normalized spacial score (nSPS) is 12.6. The van der Waals surface area contributed by atoms with Crippen LogP contribution in [0.15, 0.2) is 10.2 Å². The van der Waals surface area contributed by atoms with Crippen LogP contribution in [0.2, 0.25) is 0 Å². The summed E-state index contributed by atoms with van der Waals surface area (Å²) in [4.78, 5) is 0. The lowest BCUT2D eigenvalue weighted by Crippen LogP contribution is -2.20. The van der Waals surface area contributed by atoms with Gasteiger partial charge < -0.3 is 10.9 Å². The maximum Gasteiger partial charge on any atom is 0.173 e. The van der Waals surface area contributed by atoms with E-state index in [1.807, 2.05) is 13.8 Å². The highest BCUT2D eigenvalue weighted by Gasteiger charge is 2.18. The van der Waals surface area contributed by atoms with E-state index in [-0.39, 0.29) is 11.6 Å². The molecule has 0 atom stereocenters. The number of thioether (sulfide) groups is 1. The molecule has 0 unspecified atom stereocenters. The van der Waals surface area contributed by atoms with Crippen molar-refractivity contribution < 1.29 is 13.6 Å². The molecule has 0 aliphatic carbocycles. The third-order valence-corrected chi connectivity index (χ3v) is 5.04. The summed E-state index contributed by atoms with van der Waals surface area (Å²) >= 11 is 1.24. The third kappa shape index (κ3) is 4.85. The molecule has 0 radical (unpaired) electrons. The highest BCUT2D eigenvalue weighted by Crippen LogP contribution is 2.25. The first kappa shape index (κ1) is 17.7. The summed E-state index contributed by atoms with van der Waals surface area (Å²) in [5.74, 6) is 0.345. The molecule has 0 aliphatic rings. The molecule has 0 spiro atoms. The fourth-order valence-electron chi connectivity index (χ4n) is 1.86. The van der Waals surface area contributed by atoms with Crippen molar-refractivity contribution in [2.45, 2.75) is 31.7 Å². The SMILES string of the molecule is CCc1nnc(SCCS(C)(=O)=O)c(C(N)=NO)c1CC. The highest BCUT2D eigenvalue weighted by molar-refractivity contribution is 8.00. The molecule has 118 valence electrons. The number of hydrogen-bond donors (Lipinski definition) is 2. The zero-order valence-electron chi connectivity index (χ0n) is 12.3. The molecule has 9 heteroatoms. The van der Waals surface area contributed by atoms with Crippen molar-refractivity contribution in [3.63, 3.8) is 0 Å². The topological polar surface area (TPSA) is 119 Å². The van der Waals surface area contributed by atoms with Gasteiger partial charge >= 0.3 is 0 Å². The van der Waals surface area contributed by atoms with Crippen molar-refractivity contribution in [1.82, 2.24) is 10.2 Å². The van der Waals surface area contributed by atoms with E-state index < -0.39 is 9.84 Å². The number of nitrogens with two attached hydrogens (primary N) is 1. The Morgan fingerprint density at radius 1 is 1.33 bits per heavy atom. The second-order valence-electron chi connectivity index (χ2n) is 4.48. The Hall–Kier alpha value is -1.35. The van der Waals surface area contributed by atoms with Crippen molar-refractivity contribution in [1.29, 1.82) is 0 Å². The van der Waals surface area contributed by atoms with E-state index in [4.69, 9.17) is 10.9 Å². The van der Waals surface area contributed by atoms with Gasteiger partial charge in [0.05, 0.1) is 17.0 Å². The molecule has 7 nitrogen and oxygen atoms in total. The first-order chi connectivity index (χ1) is 9.84. The molecule has 1 rings (SSSR count). The summed E-state index contributed by atoms with van der Waals surface area (Å²) in [5, 5.41) is 20.7. The average Bonchev–Trinajstić information content (AvgIpc) is 2.44. The predicted octanol–water partition coefficient (Wildman–Crippen LogP) is 0.833. The maximum atomic E-state index is 11.2. The van der Waals surface area contributed by atoms with Crippen LogP contribution in [0.5, 0.6) is 0 Å². The van der Waals surface area contributed by atoms with Crippen LogP contribution in [0.3, 0.4) is 0 Å². The van der Waals surface area contributed by atoms with Gasteiger partial charge in [-0.15, -0.1) is 16.9 Å². The Morgan fingerprint density at radius 3 is 2.48 bits per heavy atom. The van der Waals surface area contributed by atoms with E-state index in [0.717, 1.165) is 11.3 Å². The van der Waals surface area contributed by atoms with Crippen LogP contribution >= 0.6 is 11.8 Å². The van der Waals surface area contributed by atoms with Crippen molar-refractivity contribution >= 4 is 27.4 Å². The molecule has 1 aromatic rings. The third-order valence-electron chi connectivity index (χ3n) is 2.87. The van der Waals surface area contributed by atoms with Gasteiger partial charge in [-0.05, 0) is 18.4 Å². The van der Waals surface area contributed by atoms with Crippen LogP contribution < -0.4 is 5.73 Å². The summed E-state index contributed by atoms with van der Waals surface area (Å²) in [6, 6.07) is 0. The van der Waals surface area contributed by atoms with Crippen LogP contribution in [-0.4, -0.2) is 47.4 Å². The van der Waals surface area contributed by atoms with Gasteiger partial charge in [-0.25, -0.2) is 8.42 Å². The lowest BCUT2D eigenvalue weighted by Gasteiger charge is -2.13. The first-order valence-electron chi connectivity index (χ1n) is 6.50. The lowest BCUT2D eigenvalue weighted by molar-refractivity contribution is 0.318. The Balaban J connectivity index is 3.19. The molecule has 1 aromatic heterocycles. The second kappa shape index (κ2) is 7.60. The molecule has 0 fully saturated rings. The summed E-state index contributed by atoms with van der Waals surface area (Å²) in [6.45, 7) is 3.91. The van der Waals surface area contributed by atoms with Crippen molar-refractivity contribution in [2.24, 2.45) is 10.9 Å². The molecule has 0 saturated carbocycles. The summed E-state index contributed by atoms with van der Waals surface area (Å²) in [5.41, 5.74) is 7.98. The largest absolute Gasteiger partial charge is 0.409 e. The maximum absolute atomic E-state index is 11.2. The summed E-state index contributed by atoms with van der Waals surface area (Å²) in [6.07, 6.45) is 2.54. The van der Waals surface area contributed by atoms with Crippen LogP contribution in [-0.2, 0) is 22.7 Å². The van der Waals surface area contributed by atoms with Gasteiger partial charge in [-0.1, -0.05) is 19.0 Å². The number of rotatable bonds is 7. The monoisotopic (exact) mass is 332 g/mol. The number of aryl methyl sites for hydroxylation is 1. The number of sulfone groups is 1. The molecule has 0 saturated heterocycles. The van der Waals surface area contributed by atoms with Crippen molar-refractivity contribution in [3.05, 3.63) is 16.8 Å². The fourth-order valence-corrected chi connectivity index (χ4v) is 4.07. The van der Waals surface area contributed by atoms with Gasteiger partial charge in [0, 0.05) is 12.0 Å². The molecule has 0 bridgehead atoms. The van der Waals surface area contributed by atoms with Gasteiger partial charge in [-0.3, -0.25) is 0 Å². The van der Waals surface area contributed by atoms with E-state index in [0.29, 0.717) is 29.2 Å². The Morgan fingerprint density at radius 2 is 2.00 bits per heavy atom. The van der Waals surface area contributed by atoms with Gasteiger partial charge in [0.2, 0.25) is 0 Å². The Bertz CT molecular complexity index is 630. The highest BCUT2D eigenvalue weighted by atomic mass is 32.2. The van der Waals surface area contributed by atoms with Crippen LogP contribution in [0.25, 0.3) is 0 Å². The number of nitrogens with zero attached hydrogens (tertiary/aromatic N) is 3. The van der Waals surface area contributed by atoms with E-state index in [2.05, 4.69) is 15.4 Å². The van der Waals surface area contributed by atoms with Crippen molar-refractivity contribution in [3.8, 4) is 0 Å². The minimum Gasteiger partial charge on any atom is -0.409 e. The van der Waals surface area contributed by atoms with Gasteiger partial charge in [-0.2, -0.15) is 5.10 Å². The summed E-state index contributed by atoms with van der Waals surface area (Å²) in [7, 11) is -3.04. The zero-order chi connectivity index (χ0) is 16.0. The Labute approximate surface area is 128 Å². The van der Waals surface area contributed by atoms with Crippen LogP contribution in [0.4, 0.5) is 0 Å². The molecule has 0 amide bonds. The molecule has 1 heterocycles. The molecular weight excluding hydrogens is 312 g/mol. The van der Waals surface area contributed by atoms with E-state index in [1.54, 1.807) is 0 Å². The predicted molar refractivity (Wildman–Crippen MR) is 83.7 cm³/mol. The quantitative estimate of drug-likeness (QED) is 0.249. The minimum absolute atomic E-state index is 0.0293. The smallest absolute Gasteiger partial charge is 0.173 e. The number of oxime groups is 1. The van der Waals surface area contributed by atoms with Crippen LogP contribution in [0, 0.1) is 0 Å². The van der Waals surface area contributed by atoms with Crippen molar-refractivity contribution in [2.75, 3.05) is 17.8 Å². The van der Waals surface area contributed by atoms with Gasteiger partial charge in [0.1, 0.15) is 14.9 Å². The standard InChI is InChI=1S/C12H20N4O3S2/c1-4-8-9(5-2)14-15-12(10(8)11(13)16-17)20-6-7-21(3,18)19/h17H,4-7H2,1-3H3,(H2,13,16). The molecule has 0 aliphatic heterocycles. The average molecular weight is 332 g/mol. The minimum atomic E-state index is -3.04. The molecule has 0 aromatic carbocycles. The number of hydrogen-bond acceptors (Lipinski definition) is 7. The van der Waals surface area contributed by atoms with Gasteiger partial charge in [0.25, 0.3) is 0 Å². The molecule has 3 N–H and O–H groups in total. The number of aromatic nitrogens is 2. The van der Waals surface area contributed by atoms with E-state index >= 15 is 0 Å². The number of amidine groups is 1. The summed E-state index contributed by atoms with van der Waals surface area (Å²) < 4.78 is 22.4. The van der Waals surface area contributed by atoms with Crippen LogP contribution in [0.1, 0.15) is 30.7 Å². The van der Waals surface area contributed by atoms with E-state index in [1.165, 1.54) is 18.0 Å². The van der Waals surface area contributed by atoms with E-state index in [9.17, 15) is 8.42 Å². The molecule has 21 heavy (non-hydrogen) atoms. The lowest BCUT2D eigenvalue weighted by atomic mass is 10.0. The molecular formula is C12H20N4O3S2. The second-order valence-corrected chi connectivity index (χ2v) is 7.82.